The molecule has 1 saturated heterocycles. The van der Waals surface area contributed by atoms with Gasteiger partial charge in [0.15, 0.2) is 9.84 Å². The maximum absolute atomic E-state index is 12.8. The lowest BCUT2D eigenvalue weighted by molar-refractivity contribution is 0.0672. The summed E-state index contributed by atoms with van der Waals surface area (Å²) in [6.07, 6.45) is 0.471. The van der Waals surface area contributed by atoms with Crippen molar-refractivity contribution in [2.75, 3.05) is 18.1 Å². The minimum absolute atomic E-state index is 0.0175. The number of amides is 1. The van der Waals surface area contributed by atoms with E-state index < -0.39 is 9.84 Å². The molecule has 0 bridgehead atoms. The van der Waals surface area contributed by atoms with Crippen LogP contribution in [0.3, 0.4) is 0 Å². The molecular weight excluding hydrogens is 345 g/mol. The molecule has 0 aliphatic carbocycles. The average molecular weight is 364 g/mol. The molecule has 1 aromatic rings. The molecule has 0 saturated carbocycles. The van der Waals surface area contributed by atoms with Crippen LogP contribution in [0.25, 0.3) is 0 Å². The quantitative estimate of drug-likeness (QED) is 0.824. The van der Waals surface area contributed by atoms with Crippen molar-refractivity contribution >= 4 is 38.9 Å². The van der Waals surface area contributed by atoms with Gasteiger partial charge in [0.05, 0.1) is 22.1 Å². The Bertz CT molecular complexity index is 673. The Morgan fingerprint density at radius 1 is 1.36 bits per heavy atom. The molecule has 0 N–H and O–H groups in total. The summed E-state index contributed by atoms with van der Waals surface area (Å²) >= 11 is 12.1. The van der Waals surface area contributed by atoms with Crippen LogP contribution in [-0.4, -0.2) is 43.3 Å². The van der Waals surface area contributed by atoms with Crippen LogP contribution in [0.4, 0.5) is 0 Å². The zero-order chi connectivity index (χ0) is 16.5. The van der Waals surface area contributed by atoms with Crippen molar-refractivity contribution in [3.8, 4) is 0 Å². The fourth-order valence-corrected chi connectivity index (χ4v) is 4.73. The summed E-state index contributed by atoms with van der Waals surface area (Å²) in [7, 11) is -3.06. The van der Waals surface area contributed by atoms with Crippen LogP contribution in [0.15, 0.2) is 18.2 Å². The van der Waals surface area contributed by atoms with Gasteiger partial charge in [-0.3, -0.25) is 4.79 Å². The minimum Gasteiger partial charge on any atom is -0.334 e. The van der Waals surface area contributed by atoms with E-state index in [-0.39, 0.29) is 29.4 Å². The van der Waals surface area contributed by atoms with Gasteiger partial charge in [-0.25, -0.2) is 8.42 Å². The molecule has 2 rings (SSSR count). The number of rotatable bonds is 4. The Morgan fingerprint density at radius 3 is 2.59 bits per heavy atom. The first-order valence-corrected chi connectivity index (χ1v) is 9.74. The van der Waals surface area contributed by atoms with Crippen LogP contribution in [0.2, 0.25) is 10.0 Å². The molecule has 1 atom stereocenters. The van der Waals surface area contributed by atoms with Gasteiger partial charge in [-0.2, -0.15) is 0 Å². The van der Waals surface area contributed by atoms with Crippen molar-refractivity contribution < 1.29 is 13.2 Å². The number of nitrogens with zero attached hydrogens (tertiary/aromatic N) is 1. The third-order valence-corrected chi connectivity index (χ3v) is 5.95. The molecule has 7 heteroatoms. The first-order valence-electron chi connectivity index (χ1n) is 7.16. The Hall–Kier alpha value is -0.780. The number of hydrogen-bond acceptors (Lipinski definition) is 3. The van der Waals surface area contributed by atoms with E-state index in [0.29, 0.717) is 28.6 Å². The highest BCUT2D eigenvalue weighted by molar-refractivity contribution is 7.91. The van der Waals surface area contributed by atoms with Crippen LogP contribution in [0, 0.1) is 5.92 Å². The van der Waals surface area contributed by atoms with Crippen molar-refractivity contribution in [3.05, 3.63) is 33.8 Å². The van der Waals surface area contributed by atoms with Gasteiger partial charge in [0.2, 0.25) is 0 Å². The number of halogens is 2. The fraction of sp³-hybridized carbons (Fsp3) is 0.533. The predicted octanol–water partition coefficient (Wildman–Crippen LogP) is 3.28. The Morgan fingerprint density at radius 2 is 2.05 bits per heavy atom. The normalized spacial score (nSPS) is 20.3. The molecule has 4 nitrogen and oxygen atoms in total. The van der Waals surface area contributed by atoms with Crippen LogP contribution >= 0.6 is 23.2 Å². The van der Waals surface area contributed by atoms with Crippen molar-refractivity contribution in [2.24, 2.45) is 5.92 Å². The summed E-state index contributed by atoms with van der Waals surface area (Å²) in [6, 6.07) is 4.43. The number of carbonyl (C=O) groups is 1. The zero-order valence-electron chi connectivity index (χ0n) is 12.6. The molecular formula is C15H19Cl2NO3S. The molecule has 1 heterocycles. The van der Waals surface area contributed by atoms with E-state index in [1.807, 2.05) is 13.8 Å². The van der Waals surface area contributed by atoms with Gasteiger partial charge in [-0.05, 0) is 30.5 Å². The minimum atomic E-state index is -3.06. The van der Waals surface area contributed by atoms with Crippen LogP contribution < -0.4 is 0 Å². The summed E-state index contributed by atoms with van der Waals surface area (Å²) < 4.78 is 23.5. The second kappa shape index (κ2) is 6.77. The molecule has 0 aromatic heterocycles. The van der Waals surface area contributed by atoms with E-state index in [0.717, 1.165) is 0 Å². The zero-order valence-corrected chi connectivity index (χ0v) is 14.9. The lowest BCUT2D eigenvalue weighted by Gasteiger charge is -2.30. The van der Waals surface area contributed by atoms with Gasteiger partial charge < -0.3 is 4.90 Å². The Balaban J connectivity index is 2.33. The average Bonchev–Trinajstić information content (AvgIpc) is 2.78. The van der Waals surface area contributed by atoms with Gasteiger partial charge in [0, 0.05) is 17.6 Å². The summed E-state index contributed by atoms with van der Waals surface area (Å²) in [6.45, 7) is 4.47. The SMILES string of the molecule is CC(C)CN(C(=O)c1cc(Cl)ccc1Cl)C1CCS(=O)(=O)C1. The topological polar surface area (TPSA) is 54.5 Å². The largest absolute Gasteiger partial charge is 0.334 e. The van der Waals surface area contributed by atoms with Gasteiger partial charge in [-0.1, -0.05) is 37.0 Å². The Labute approximate surface area is 141 Å². The standard InChI is InChI=1S/C15H19Cl2NO3S/c1-10(2)8-18(12-5-6-22(20,21)9-12)15(19)13-7-11(16)3-4-14(13)17/h3-4,7,10,12H,5-6,8-9H2,1-2H3. The van der Waals surface area contributed by atoms with E-state index >= 15 is 0 Å². The molecule has 1 amide bonds. The third-order valence-electron chi connectivity index (χ3n) is 3.63. The van der Waals surface area contributed by atoms with E-state index in [1.165, 1.54) is 6.07 Å². The van der Waals surface area contributed by atoms with E-state index in [2.05, 4.69) is 0 Å². The second-order valence-electron chi connectivity index (χ2n) is 6.03. The molecule has 1 aliphatic rings. The van der Waals surface area contributed by atoms with Crippen LogP contribution in [0.5, 0.6) is 0 Å². The first kappa shape index (κ1) is 17.6. The highest BCUT2D eigenvalue weighted by Gasteiger charge is 2.35. The predicted molar refractivity (Wildman–Crippen MR) is 89.4 cm³/mol. The molecule has 0 spiro atoms. The highest BCUT2D eigenvalue weighted by Crippen LogP contribution is 2.26. The first-order chi connectivity index (χ1) is 10.2. The van der Waals surface area contributed by atoms with Crippen LogP contribution in [0.1, 0.15) is 30.6 Å². The number of sulfone groups is 1. The lowest BCUT2D eigenvalue weighted by atomic mass is 10.1. The monoisotopic (exact) mass is 363 g/mol. The second-order valence-corrected chi connectivity index (χ2v) is 9.10. The molecule has 122 valence electrons. The molecule has 1 aromatic carbocycles. The summed E-state index contributed by atoms with van der Waals surface area (Å²) in [5.41, 5.74) is 0.319. The van der Waals surface area contributed by atoms with Crippen molar-refractivity contribution in [1.29, 1.82) is 0 Å². The molecule has 1 unspecified atom stereocenters. The van der Waals surface area contributed by atoms with Crippen molar-refractivity contribution in [3.63, 3.8) is 0 Å². The summed E-state index contributed by atoms with van der Waals surface area (Å²) in [5.74, 6) is 0.112. The maximum Gasteiger partial charge on any atom is 0.255 e. The summed E-state index contributed by atoms with van der Waals surface area (Å²) in [4.78, 5) is 14.5. The smallest absolute Gasteiger partial charge is 0.255 e. The number of benzene rings is 1. The van der Waals surface area contributed by atoms with Gasteiger partial charge >= 0.3 is 0 Å². The van der Waals surface area contributed by atoms with Gasteiger partial charge in [0.1, 0.15) is 0 Å². The maximum atomic E-state index is 12.8. The summed E-state index contributed by atoms with van der Waals surface area (Å²) in [5, 5.41) is 0.750. The number of carbonyl (C=O) groups excluding carboxylic acids is 1. The highest BCUT2D eigenvalue weighted by atomic mass is 35.5. The Kier molecular flexibility index (Phi) is 5.41. The van der Waals surface area contributed by atoms with Crippen molar-refractivity contribution in [1.82, 2.24) is 4.90 Å². The van der Waals surface area contributed by atoms with E-state index in [4.69, 9.17) is 23.2 Å². The molecule has 0 radical (unpaired) electrons. The third kappa shape index (κ3) is 4.15. The molecule has 1 aliphatic heterocycles. The van der Waals surface area contributed by atoms with Gasteiger partial charge in [-0.15, -0.1) is 0 Å². The van der Waals surface area contributed by atoms with Crippen molar-refractivity contribution in [2.45, 2.75) is 26.3 Å². The molecule has 1 fully saturated rings. The molecule has 22 heavy (non-hydrogen) atoms. The van der Waals surface area contributed by atoms with E-state index in [1.54, 1.807) is 17.0 Å². The van der Waals surface area contributed by atoms with E-state index in [9.17, 15) is 13.2 Å². The number of hydrogen-bond donors (Lipinski definition) is 0. The van der Waals surface area contributed by atoms with Gasteiger partial charge in [0.25, 0.3) is 5.91 Å². The lowest BCUT2D eigenvalue weighted by Crippen LogP contribution is -2.43. The van der Waals surface area contributed by atoms with Crippen LogP contribution in [-0.2, 0) is 9.84 Å². The fourth-order valence-electron chi connectivity index (χ4n) is 2.63.